The average Bonchev–Trinajstić information content (AvgIpc) is 2.15. The summed E-state index contributed by atoms with van der Waals surface area (Å²) in [4.78, 5) is 32.6. The minimum atomic E-state index is -0.501. The number of esters is 1. The molecule has 90 valence electrons. The maximum Gasteiger partial charge on any atom is 0.313 e. The van der Waals surface area contributed by atoms with Crippen molar-refractivity contribution in [1.82, 2.24) is 0 Å². The van der Waals surface area contributed by atoms with Gasteiger partial charge in [-0.2, -0.15) is 0 Å². The van der Waals surface area contributed by atoms with E-state index in [4.69, 9.17) is 4.74 Å². The SMILES string of the molecule is C=C(C)C(=O)CCCCOC(=O)CC(C)=O. The summed E-state index contributed by atoms with van der Waals surface area (Å²) in [6, 6.07) is 0. The van der Waals surface area contributed by atoms with Gasteiger partial charge < -0.3 is 4.74 Å². The van der Waals surface area contributed by atoms with Crippen LogP contribution in [0.4, 0.5) is 0 Å². The van der Waals surface area contributed by atoms with Gasteiger partial charge in [0.25, 0.3) is 0 Å². The van der Waals surface area contributed by atoms with Gasteiger partial charge in [0, 0.05) is 6.42 Å². The van der Waals surface area contributed by atoms with Gasteiger partial charge in [-0.05, 0) is 32.3 Å². The molecule has 16 heavy (non-hydrogen) atoms. The van der Waals surface area contributed by atoms with E-state index in [0.29, 0.717) is 24.8 Å². The van der Waals surface area contributed by atoms with Crippen LogP contribution in [-0.2, 0) is 19.1 Å². The Kier molecular flexibility index (Phi) is 7.09. The average molecular weight is 226 g/mol. The largest absolute Gasteiger partial charge is 0.465 e. The normalized spacial score (nSPS) is 9.62. The molecular formula is C12H18O4. The number of ketones is 2. The molecule has 0 N–H and O–H groups in total. The van der Waals surface area contributed by atoms with Gasteiger partial charge in [-0.1, -0.05) is 6.58 Å². The van der Waals surface area contributed by atoms with Crippen LogP contribution in [0.2, 0.25) is 0 Å². The van der Waals surface area contributed by atoms with Crippen LogP contribution in [0.25, 0.3) is 0 Å². The molecule has 0 aliphatic heterocycles. The minimum Gasteiger partial charge on any atom is -0.465 e. The van der Waals surface area contributed by atoms with Crippen molar-refractivity contribution in [2.45, 2.75) is 39.5 Å². The third-order valence-corrected chi connectivity index (χ3v) is 1.93. The van der Waals surface area contributed by atoms with Gasteiger partial charge in [-0.15, -0.1) is 0 Å². The Morgan fingerprint density at radius 1 is 1.12 bits per heavy atom. The van der Waals surface area contributed by atoms with Gasteiger partial charge >= 0.3 is 5.97 Å². The maximum absolute atomic E-state index is 11.1. The zero-order chi connectivity index (χ0) is 12.6. The van der Waals surface area contributed by atoms with Crippen LogP contribution in [-0.4, -0.2) is 24.1 Å². The van der Waals surface area contributed by atoms with Crippen molar-refractivity contribution in [2.75, 3.05) is 6.61 Å². The molecule has 0 spiro atoms. The van der Waals surface area contributed by atoms with Crippen LogP contribution >= 0.6 is 0 Å². The molecule has 0 fully saturated rings. The van der Waals surface area contributed by atoms with E-state index in [2.05, 4.69) is 6.58 Å². The number of hydrogen-bond acceptors (Lipinski definition) is 4. The molecule has 0 aromatic carbocycles. The first-order chi connectivity index (χ1) is 7.43. The third-order valence-electron chi connectivity index (χ3n) is 1.93. The lowest BCUT2D eigenvalue weighted by molar-refractivity contribution is -0.145. The molecule has 0 aliphatic carbocycles. The van der Waals surface area contributed by atoms with Gasteiger partial charge in [0.1, 0.15) is 12.2 Å². The second kappa shape index (κ2) is 7.79. The van der Waals surface area contributed by atoms with Gasteiger partial charge in [-0.3, -0.25) is 14.4 Å². The van der Waals surface area contributed by atoms with Crippen LogP contribution in [0.5, 0.6) is 0 Å². The lowest BCUT2D eigenvalue weighted by atomic mass is 10.1. The predicted molar refractivity (Wildman–Crippen MR) is 59.9 cm³/mol. The number of ether oxygens (including phenoxy) is 1. The molecule has 0 saturated carbocycles. The molecular weight excluding hydrogens is 208 g/mol. The predicted octanol–water partition coefficient (Wildman–Crippen LogP) is 1.82. The van der Waals surface area contributed by atoms with Crippen molar-refractivity contribution in [3.8, 4) is 0 Å². The number of Topliss-reactive ketones (excluding diaryl/α,β-unsaturated/α-hetero) is 2. The van der Waals surface area contributed by atoms with Crippen molar-refractivity contribution < 1.29 is 19.1 Å². The summed E-state index contributed by atoms with van der Waals surface area (Å²) in [5.74, 6) is -0.670. The monoisotopic (exact) mass is 226 g/mol. The minimum absolute atomic E-state index is 0.0371. The third kappa shape index (κ3) is 7.91. The highest BCUT2D eigenvalue weighted by molar-refractivity contribution is 5.94. The van der Waals surface area contributed by atoms with Gasteiger partial charge in [0.15, 0.2) is 5.78 Å². The van der Waals surface area contributed by atoms with E-state index in [1.807, 2.05) is 0 Å². The molecule has 4 nitrogen and oxygen atoms in total. The molecule has 0 amide bonds. The van der Waals surface area contributed by atoms with Crippen LogP contribution in [0.3, 0.4) is 0 Å². The highest BCUT2D eigenvalue weighted by atomic mass is 16.5. The fourth-order valence-electron chi connectivity index (χ4n) is 1.04. The zero-order valence-electron chi connectivity index (χ0n) is 9.88. The van der Waals surface area contributed by atoms with Crippen molar-refractivity contribution in [3.05, 3.63) is 12.2 Å². The number of hydrogen-bond donors (Lipinski definition) is 0. The first-order valence-corrected chi connectivity index (χ1v) is 5.27. The summed E-state index contributed by atoms with van der Waals surface area (Å²) in [7, 11) is 0. The van der Waals surface area contributed by atoms with Crippen LogP contribution in [0, 0.1) is 0 Å². The summed E-state index contributed by atoms with van der Waals surface area (Å²) in [6.07, 6.45) is 1.55. The first-order valence-electron chi connectivity index (χ1n) is 5.27. The van der Waals surface area contributed by atoms with Crippen molar-refractivity contribution in [1.29, 1.82) is 0 Å². The molecule has 0 atom stereocenters. The Balaban J connectivity index is 3.47. The van der Waals surface area contributed by atoms with Gasteiger partial charge in [-0.25, -0.2) is 0 Å². The Hall–Kier alpha value is -1.45. The Labute approximate surface area is 95.7 Å². The fraction of sp³-hybridized carbons (Fsp3) is 0.583. The molecule has 0 aromatic heterocycles. The Morgan fingerprint density at radius 3 is 2.25 bits per heavy atom. The van der Waals surface area contributed by atoms with Crippen molar-refractivity contribution in [2.24, 2.45) is 0 Å². The molecule has 0 rings (SSSR count). The van der Waals surface area contributed by atoms with Crippen LogP contribution < -0.4 is 0 Å². The van der Waals surface area contributed by atoms with E-state index in [1.165, 1.54) is 6.92 Å². The smallest absolute Gasteiger partial charge is 0.313 e. The van der Waals surface area contributed by atoms with Crippen molar-refractivity contribution in [3.63, 3.8) is 0 Å². The second-order valence-corrected chi connectivity index (χ2v) is 3.76. The summed E-state index contributed by atoms with van der Waals surface area (Å²) >= 11 is 0. The standard InChI is InChI=1S/C12H18O4/c1-9(2)11(14)6-4-5-7-16-12(15)8-10(3)13/h1,4-8H2,2-3H3. The Morgan fingerprint density at radius 2 is 1.75 bits per heavy atom. The van der Waals surface area contributed by atoms with E-state index < -0.39 is 5.97 Å². The number of allylic oxidation sites excluding steroid dienone is 1. The summed E-state index contributed by atoms with van der Waals surface area (Å²) < 4.78 is 4.80. The molecule has 0 aliphatic rings. The highest BCUT2D eigenvalue weighted by Crippen LogP contribution is 2.02. The summed E-state index contributed by atoms with van der Waals surface area (Å²) in [5, 5.41) is 0. The van der Waals surface area contributed by atoms with Gasteiger partial charge in [0.2, 0.25) is 0 Å². The molecule has 4 heteroatoms. The molecule has 0 aromatic rings. The molecule has 0 saturated heterocycles. The quantitative estimate of drug-likeness (QED) is 0.274. The van der Waals surface area contributed by atoms with E-state index in [9.17, 15) is 14.4 Å². The van der Waals surface area contributed by atoms with Gasteiger partial charge in [0.05, 0.1) is 6.61 Å². The first kappa shape index (κ1) is 14.6. The summed E-state index contributed by atoms with van der Waals surface area (Å²) in [5.41, 5.74) is 0.550. The van der Waals surface area contributed by atoms with Crippen LogP contribution in [0.1, 0.15) is 39.5 Å². The number of carbonyl (C=O) groups is 3. The number of carbonyl (C=O) groups excluding carboxylic acids is 3. The van der Waals surface area contributed by atoms with E-state index in [1.54, 1.807) is 6.92 Å². The van der Waals surface area contributed by atoms with E-state index >= 15 is 0 Å². The Bertz CT molecular complexity index is 291. The lowest BCUT2D eigenvalue weighted by Gasteiger charge is -2.03. The zero-order valence-corrected chi connectivity index (χ0v) is 9.88. The lowest BCUT2D eigenvalue weighted by Crippen LogP contribution is -2.10. The molecule has 0 radical (unpaired) electrons. The van der Waals surface area contributed by atoms with Crippen LogP contribution in [0.15, 0.2) is 12.2 Å². The summed E-state index contributed by atoms with van der Waals surface area (Å²) in [6.45, 7) is 6.82. The topological polar surface area (TPSA) is 60.4 Å². The number of unbranched alkanes of at least 4 members (excludes halogenated alkanes) is 1. The molecule has 0 unspecified atom stereocenters. The maximum atomic E-state index is 11.1. The van der Waals surface area contributed by atoms with E-state index in [-0.39, 0.29) is 24.6 Å². The number of rotatable bonds is 8. The second-order valence-electron chi connectivity index (χ2n) is 3.76. The molecule has 0 heterocycles. The van der Waals surface area contributed by atoms with E-state index in [0.717, 1.165) is 0 Å². The fourth-order valence-corrected chi connectivity index (χ4v) is 1.04. The molecule has 0 bridgehead atoms. The highest BCUT2D eigenvalue weighted by Gasteiger charge is 2.06. The van der Waals surface area contributed by atoms with Crippen molar-refractivity contribution >= 4 is 17.5 Å².